The zero-order chi connectivity index (χ0) is 14.8. The first kappa shape index (κ1) is 13.9. The smallest absolute Gasteiger partial charge is 0.242 e. The van der Waals surface area contributed by atoms with Gasteiger partial charge in [0.2, 0.25) is 5.88 Å². The Bertz CT molecular complexity index is 641. The van der Waals surface area contributed by atoms with Crippen molar-refractivity contribution in [2.24, 2.45) is 0 Å². The molecule has 1 aliphatic rings. The lowest BCUT2D eigenvalue weighted by atomic mass is 10.2. The zero-order valence-electron chi connectivity index (χ0n) is 11.8. The van der Waals surface area contributed by atoms with Crippen LogP contribution in [-0.4, -0.2) is 17.1 Å². The molecule has 5 nitrogen and oxygen atoms in total. The number of rotatable bonds is 5. The molecule has 1 aromatic heterocycles. The van der Waals surface area contributed by atoms with E-state index >= 15 is 0 Å². The zero-order valence-corrected chi connectivity index (χ0v) is 12.5. The van der Waals surface area contributed by atoms with E-state index in [1.165, 1.54) is 0 Å². The van der Waals surface area contributed by atoms with Gasteiger partial charge < -0.3 is 15.8 Å². The lowest BCUT2D eigenvalue weighted by Crippen LogP contribution is -2.09. The third-order valence-corrected chi connectivity index (χ3v) is 3.69. The fourth-order valence-corrected chi connectivity index (χ4v) is 2.19. The summed E-state index contributed by atoms with van der Waals surface area (Å²) in [7, 11) is 1.57. The molecule has 1 fully saturated rings. The van der Waals surface area contributed by atoms with Gasteiger partial charge in [0.05, 0.1) is 7.11 Å². The van der Waals surface area contributed by atoms with Gasteiger partial charge in [-0.25, -0.2) is 4.98 Å². The summed E-state index contributed by atoms with van der Waals surface area (Å²) in [5, 5.41) is 3.97. The third-order valence-electron chi connectivity index (χ3n) is 3.44. The van der Waals surface area contributed by atoms with Crippen LogP contribution in [0.2, 0.25) is 5.02 Å². The second-order valence-electron chi connectivity index (χ2n) is 5.11. The molecule has 0 spiro atoms. The van der Waals surface area contributed by atoms with Crippen molar-refractivity contribution in [3.63, 3.8) is 0 Å². The van der Waals surface area contributed by atoms with Crippen molar-refractivity contribution in [2.75, 3.05) is 18.2 Å². The van der Waals surface area contributed by atoms with Crippen LogP contribution in [0, 0.1) is 0 Å². The monoisotopic (exact) mass is 304 g/mol. The number of benzene rings is 1. The third kappa shape index (κ3) is 3.19. The number of hydrogen-bond acceptors (Lipinski definition) is 5. The summed E-state index contributed by atoms with van der Waals surface area (Å²) >= 11 is 5.88. The van der Waals surface area contributed by atoms with Gasteiger partial charge in [0.25, 0.3) is 0 Å². The van der Waals surface area contributed by atoms with E-state index in [0.717, 1.165) is 29.3 Å². The topological polar surface area (TPSA) is 73.1 Å². The van der Waals surface area contributed by atoms with E-state index in [2.05, 4.69) is 15.3 Å². The molecular formula is C15H17ClN4O. The van der Waals surface area contributed by atoms with Gasteiger partial charge in [0, 0.05) is 17.5 Å². The normalized spacial score (nSPS) is 14.0. The summed E-state index contributed by atoms with van der Waals surface area (Å²) in [6.07, 6.45) is 2.26. The minimum absolute atomic E-state index is 0.436. The summed E-state index contributed by atoms with van der Waals surface area (Å²) in [6, 6.07) is 7.65. The Labute approximate surface area is 128 Å². The second-order valence-corrected chi connectivity index (χ2v) is 5.54. The molecule has 3 rings (SSSR count). The molecule has 3 N–H and O–H groups in total. The number of methoxy groups -OCH3 is 1. The quantitative estimate of drug-likeness (QED) is 0.887. The maximum atomic E-state index is 6.04. The maximum absolute atomic E-state index is 6.04. The fourth-order valence-electron chi connectivity index (χ4n) is 2.07. The SMILES string of the molecule is COc1nc(C2CC2)nc(NCc2ccc(Cl)cc2)c1N. The molecule has 1 saturated carbocycles. The Balaban J connectivity index is 1.80. The van der Waals surface area contributed by atoms with Gasteiger partial charge in [-0.15, -0.1) is 0 Å². The van der Waals surface area contributed by atoms with Crippen LogP contribution in [0.25, 0.3) is 0 Å². The van der Waals surface area contributed by atoms with Gasteiger partial charge in [-0.1, -0.05) is 23.7 Å². The molecule has 1 aliphatic carbocycles. The van der Waals surface area contributed by atoms with Gasteiger partial charge in [0.15, 0.2) is 5.82 Å². The van der Waals surface area contributed by atoms with Crippen molar-refractivity contribution >= 4 is 23.1 Å². The number of nitrogen functional groups attached to an aromatic ring is 1. The minimum atomic E-state index is 0.436. The molecule has 6 heteroatoms. The van der Waals surface area contributed by atoms with Crippen molar-refractivity contribution in [1.82, 2.24) is 9.97 Å². The van der Waals surface area contributed by atoms with Crippen LogP contribution >= 0.6 is 11.6 Å². The van der Waals surface area contributed by atoms with Crippen LogP contribution in [0.15, 0.2) is 24.3 Å². The van der Waals surface area contributed by atoms with Crippen molar-refractivity contribution in [2.45, 2.75) is 25.3 Å². The number of halogens is 1. The Morgan fingerprint density at radius 3 is 2.62 bits per heavy atom. The van der Waals surface area contributed by atoms with E-state index < -0.39 is 0 Å². The number of anilines is 2. The highest BCUT2D eigenvalue weighted by atomic mass is 35.5. The van der Waals surface area contributed by atoms with Gasteiger partial charge in [-0.3, -0.25) is 0 Å². The molecule has 0 bridgehead atoms. The Kier molecular flexibility index (Phi) is 3.84. The molecule has 0 unspecified atom stereocenters. The summed E-state index contributed by atoms with van der Waals surface area (Å²) in [4.78, 5) is 8.89. The summed E-state index contributed by atoms with van der Waals surface area (Å²) < 4.78 is 5.24. The number of nitrogens with one attached hydrogen (secondary N) is 1. The summed E-state index contributed by atoms with van der Waals surface area (Å²) in [5.41, 5.74) is 7.58. The minimum Gasteiger partial charge on any atom is -0.479 e. The van der Waals surface area contributed by atoms with E-state index in [9.17, 15) is 0 Å². The average molecular weight is 305 g/mol. The molecule has 0 amide bonds. The molecule has 110 valence electrons. The first-order chi connectivity index (χ1) is 10.2. The van der Waals surface area contributed by atoms with Crippen LogP contribution in [0.5, 0.6) is 5.88 Å². The number of aromatic nitrogens is 2. The van der Waals surface area contributed by atoms with Gasteiger partial charge in [0.1, 0.15) is 11.5 Å². The van der Waals surface area contributed by atoms with E-state index in [0.29, 0.717) is 29.8 Å². The molecular weight excluding hydrogens is 288 g/mol. The standard InChI is InChI=1S/C15H17ClN4O/c1-21-15-12(17)14(19-13(20-15)10-4-5-10)18-8-9-2-6-11(16)7-3-9/h2-3,6-7,10H,4-5,8,17H2,1H3,(H,18,19,20). The second kappa shape index (κ2) is 5.77. The van der Waals surface area contributed by atoms with Gasteiger partial charge in [-0.2, -0.15) is 4.98 Å². The summed E-state index contributed by atoms with van der Waals surface area (Å²) in [5.74, 6) is 2.31. The summed E-state index contributed by atoms with van der Waals surface area (Å²) in [6.45, 7) is 0.617. The molecule has 0 atom stereocenters. The van der Waals surface area contributed by atoms with E-state index in [1.54, 1.807) is 7.11 Å². The van der Waals surface area contributed by atoms with Crippen molar-refractivity contribution in [1.29, 1.82) is 0 Å². The predicted octanol–water partition coefficient (Wildman–Crippen LogP) is 3.21. The highest BCUT2D eigenvalue weighted by Gasteiger charge is 2.28. The fraction of sp³-hybridized carbons (Fsp3) is 0.333. The van der Waals surface area contributed by atoms with Gasteiger partial charge in [-0.05, 0) is 30.5 Å². The largest absolute Gasteiger partial charge is 0.479 e. The lowest BCUT2D eigenvalue weighted by molar-refractivity contribution is 0.397. The molecule has 1 aromatic carbocycles. The van der Waals surface area contributed by atoms with Crippen LogP contribution in [-0.2, 0) is 6.54 Å². The molecule has 0 radical (unpaired) electrons. The Morgan fingerprint density at radius 1 is 1.29 bits per heavy atom. The molecule has 0 aliphatic heterocycles. The van der Waals surface area contributed by atoms with Crippen LogP contribution in [0.4, 0.5) is 11.5 Å². The van der Waals surface area contributed by atoms with Crippen molar-refractivity contribution in [3.8, 4) is 5.88 Å². The number of nitrogens with two attached hydrogens (primary N) is 1. The average Bonchev–Trinajstić information content (AvgIpc) is 3.32. The number of hydrogen-bond donors (Lipinski definition) is 2. The highest BCUT2D eigenvalue weighted by Crippen LogP contribution is 2.40. The Hall–Kier alpha value is -2.01. The van der Waals surface area contributed by atoms with Crippen molar-refractivity contribution in [3.05, 3.63) is 40.7 Å². The predicted molar refractivity (Wildman–Crippen MR) is 83.8 cm³/mol. The van der Waals surface area contributed by atoms with E-state index in [-0.39, 0.29) is 0 Å². The maximum Gasteiger partial charge on any atom is 0.242 e. The lowest BCUT2D eigenvalue weighted by Gasteiger charge is -2.12. The molecule has 2 aromatic rings. The number of ether oxygens (including phenoxy) is 1. The first-order valence-corrected chi connectivity index (χ1v) is 7.25. The van der Waals surface area contributed by atoms with Crippen LogP contribution in [0.3, 0.4) is 0 Å². The van der Waals surface area contributed by atoms with Gasteiger partial charge >= 0.3 is 0 Å². The highest BCUT2D eigenvalue weighted by molar-refractivity contribution is 6.30. The van der Waals surface area contributed by atoms with E-state index in [4.69, 9.17) is 22.1 Å². The van der Waals surface area contributed by atoms with E-state index in [1.807, 2.05) is 24.3 Å². The first-order valence-electron chi connectivity index (χ1n) is 6.87. The van der Waals surface area contributed by atoms with Crippen LogP contribution in [0.1, 0.15) is 30.1 Å². The molecule has 0 saturated heterocycles. The number of nitrogens with zero attached hydrogens (tertiary/aromatic N) is 2. The van der Waals surface area contributed by atoms with Crippen LogP contribution < -0.4 is 15.8 Å². The Morgan fingerprint density at radius 2 is 2.00 bits per heavy atom. The van der Waals surface area contributed by atoms with Crippen molar-refractivity contribution < 1.29 is 4.74 Å². The molecule has 1 heterocycles. The molecule has 21 heavy (non-hydrogen) atoms.